The maximum Gasteiger partial charge on any atom is 0.180 e. The van der Waals surface area contributed by atoms with E-state index in [1.165, 1.54) is 0 Å². The first-order chi connectivity index (χ1) is 13.1. The van der Waals surface area contributed by atoms with Crippen molar-refractivity contribution in [2.45, 2.75) is 13.8 Å². The smallest absolute Gasteiger partial charge is 0.180 e. The highest BCUT2D eigenvalue weighted by Gasteiger charge is 2.18. The Kier molecular flexibility index (Phi) is 3.30. The van der Waals surface area contributed by atoms with E-state index in [0.29, 0.717) is 11.5 Å². The molecule has 5 rings (SSSR count). The highest BCUT2D eigenvalue weighted by molar-refractivity contribution is 6.02. The van der Waals surface area contributed by atoms with Crippen molar-refractivity contribution >= 4 is 22.1 Å². The van der Waals surface area contributed by atoms with Crippen LogP contribution in [0.15, 0.2) is 43.0 Å². The van der Waals surface area contributed by atoms with Gasteiger partial charge < -0.3 is 9.55 Å². The summed E-state index contributed by atoms with van der Waals surface area (Å²) in [6, 6.07) is 7.86. The fourth-order valence-corrected chi connectivity index (χ4v) is 3.54. The van der Waals surface area contributed by atoms with Gasteiger partial charge in [-0.3, -0.25) is 4.98 Å². The van der Waals surface area contributed by atoms with Crippen LogP contribution in [0.5, 0.6) is 0 Å². The minimum atomic E-state index is 0.577. The maximum atomic E-state index is 4.86. The number of nitrogens with zero attached hydrogens (tertiary/aromatic N) is 6. The third-order valence-corrected chi connectivity index (χ3v) is 4.72. The third kappa shape index (κ3) is 2.39. The van der Waals surface area contributed by atoms with Crippen molar-refractivity contribution in [2.24, 2.45) is 7.05 Å². The minimum absolute atomic E-state index is 0.577. The number of aromatic nitrogens is 7. The highest BCUT2D eigenvalue weighted by Crippen LogP contribution is 2.34. The second kappa shape index (κ2) is 5.70. The molecule has 132 valence electrons. The van der Waals surface area contributed by atoms with Gasteiger partial charge in [-0.2, -0.15) is 0 Å². The Hall–Kier alpha value is -3.61. The largest absolute Gasteiger partial charge is 0.348 e. The molecule has 7 nitrogen and oxygen atoms in total. The van der Waals surface area contributed by atoms with Crippen molar-refractivity contribution in [2.75, 3.05) is 0 Å². The minimum Gasteiger partial charge on any atom is -0.348 e. The van der Waals surface area contributed by atoms with E-state index in [9.17, 15) is 0 Å². The molecule has 0 spiro atoms. The van der Waals surface area contributed by atoms with Crippen molar-refractivity contribution < 1.29 is 0 Å². The number of nitrogens with one attached hydrogen (secondary N) is 1. The Bertz CT molecular complexity index is 1310. The predicted octanol–water partition coefficient (Wildman–Crippen LogP) is 3.59. The number of aromatic amines is 1. The van der Waals surface area contributed by atoms with Gasteiger partial charge in [-0.25, -0.2) is 19.9 Å². The first-order valence-electron chi connectivity index (χ1n) is 8.68. The van der Waals surface area contributed by atoms with E-state index in [-0.39, 0.29) is 0 Å². The molecule has 0 aliphatic carbocycles. The summed E-state index contributed by atoms with van der Waals surface area (Å²) in [5.41, 5.74) is 6.97. The second-order valence-electron chi connectivity index (χ2n) is 6.61. The number of rotatable bonds is 2. The molecule has 0 fully saturated rings. The first-order valence-corrected chi connectivity index (χ1v) is 8.68. The number of hydrogen-bond acceptors (Lipinski definition) is 5. The van der Waals surface area contributed by atoms with E-state index in [4.69, 9.17) is 4.98 Å². The monoisotopic (exact) mass is 355 g/mol. The van der Waals surface area contributed by atoms with Gasteiger partial charge in [-0.05, 0) is 32.0 Å². The van der Waals surface area contributed by atoms with Gasteiger partial charge in [0.15, 0.2) is 11.5 Å². The Balaban J connectivity index is 1.84. The molecule has 0 amide bonds. The van der Waals surface area contributed by atoms with Crippen LogP contribution in [0, 0.1) is 13.8 Å². The zero-order valence-electron chi connectivity index (χ0n) is 15.2. The molecule has 5 aromatic heterocycles. The lowest BCUT2D eigenvalue weighted by Crippen LogP contribution is -1.97. The predicted molar refractivity (Wildman–Crippen MR) is 104 cm³/mol. The molecule has 5 heterocycles. The van der Waals surface area contributed by atoms with Crippen LogP contribution < -0.4 is 0 Å². The summed E-state index contributed by atoms with van der Waals surface area (Å²) in [7, 11) is 2.02. The Labute approximate surface area is 155 Å². The van der Waals surface area contributed by atoms with Crippen molar-refractivity contribution in [3.05, 3.63) is 54.4 Å². The van der Waals surface area contributed by atoms with Gasteiger partial charge in [-0.1, -0.05) is 6.07 Å². The summed E-state index contributed by atoms with van der Waals surface area (Å²) in [5.74, 6) is 0.577. The lowest BCUT2D eigenvalue weighted by atomic mass is 10.1. The van der Waals surface area contributed by atoms with Gasteiger partial charge in [0.25, 0.3) is 0 Å². The average Bonchev–Trinajstić information content (AvgIpc) is 3.26. The van der Waals surface area contributed by atoms with E-state index in [1.807, 2.05) is 51.4 Å². The van der Waals surface area contributed by atoms with Crippen LogP contribution >= 0.6 is 0 Å². The van der Waals surface area contributed by atoms with Crippen molar-refractivity contribution in [3.8, 4) is 22.8 Å². The first kappa shape index (κ1) is 15.6. The molecule has 7 heteroatoms. The summed E-state index contributed by atoms with van der Waals surface area (Å²) in [5, 5.41) is 1.09. The molecular weight excluding hydrogens is 338 g/mol. The fraction of sp³-hybridized carbons (Fsp3) is 0.150. The summed E-state index contributed by atoms with van der Waals surface area (Å²) in [4.78, 5) is 26.0. The van der Waals surface area contributed by atoms with E-state index < -0.39 is 0 Å². The summed E-state index contributed by atoms with van der Waals surface area (Å²) in [6.07, 6.45) is 5.55. The second-order valence-corrected chi connectivity index (χ2v) is 6.61. The highest BCUT2D eigenvalue weighted by atomic mass is 15.0. The lowest BCUT2D eigenvalue weighted by molar-refractivity contribution is 0.956. The van der Waals surface area contributed by atoms with Crippen LogP contribution in [-0.2, 0) is 7.05 Å². The molecule has 1 N–H and O–H groups in total. The van der Waals surface area contributed by atoms with Crippen LogP contribution in [0.25, 0.3) is 44.8 Å². The van der Waals surface area contributed by atoms with Crippen LogP contribution in [0.2, 0.25) is 0 Å². The van der Waals surface area contributed by atoms with Crippen LogP contribution in [0.1, 0.15) is 11.4 Å². The molecule has 0 aromatic carbocycles. The van der Waals surface area contributed by atoms with Crippen LogP contribution in [0.3, 0.4) is 0 Å². The van der Waals surface area contributed by atoms with E-state index in [1.54, 1.807) is 6.33 Å². The van der Waals surface area contributed by atoms with Gasteiger partial charge >= 0.3 is 0 Å². The van der Waals surface area contributed by atoms with Gasteiger partial charge in [0, 0.05) is 36.1 Å². The standard InChI is InChI=1S/C20H17N7/c1-11-5-4-6-15(24-11)19-25-16(17-20(26-19)23-10-22-17)14-9-27(3)18-12(2)21-8-7-13(14)18/h4-10H,1-3H3,(H,22,23,25,26). The number of hydrogen-bond donors (Lipinski definition) is 1. The Morgan fingerprint density at radius 2 is 1.89 bits per heavy atom. The molecule has 0 aliphatic rings. The number of aryl methyl sites for hydroxylation is 3. The molecule has 0 unspecified atom stereocenters. The molecule has 0 bridgehead atoms. The number of pyridine rings is 2. The third-order valence-electron chi connectivity index (χ3n) is 4.72. The molecule has 27 heavy (non-hydrogen) atoms. The van der Waals surface area contributed by atoms with E-state index in [2.05, 4.69) is 35.7 Å². The van der Waals surface area contributed by atoms with Crippen molar-refractivity contribution in [1.29, 1.82) is 0 Å². The van der Waals surface area contributed by atoms with Crippen LogP contribution in [0.4, 0.5) is 0 Å². The molecule has 0 saturated heterocycles. The fourth-order valence-electron chi connectivity index (χ4n) is 3.54. The van der Waals surface area contributed by atoms with Gasteiger partial charge in [-0.15, -0.1) is 0 Å². The number of H-pyrrole nitrogens is 1. The van der Waals surface area contributed by atoms with E-state index in [0.717, 1.165) is 44.8 Å². The molecule has 0 saturated carbocycles. The molecule has 0 aliphatic heterocycles. The van der Waals surface area contributed by atoms with Gasteiger partial charge in [0.1, 0.15) is 16.9 Å². The lowest BCUT2D eigenvalue weighted by Gasteiger charge is -2.05. The summed E-state index contributed by atoms with van der Waals surface area (Å²) in [6.45, 7) is 3.97. The molecule has 0 radical (unpaired) electrons. The number of imidazole rings is 1. The van der Waals surface area contributed by atoms with Gasteiger partial charge in [0.2, 0.25) is 0 Å². The van der Waals surface area contributed by atoms with Crippen molar-refractivity contribution in [3.63, 3.8) is 0 Å². The summed E-state index contributed by atoms with van der Waals surface area (Å²) < 4.78 is 2.08. The van der Waals surface area contributed by atoms with Gasteiger partial charge in [0.05, 0.1) is 17.5 Å². The molecule has 5 aromatic rings. The zero-order chi connectivity index (χ0) is 18.5. The van der Waals surface area contributed by atoms with Crippen LogP contribution in [-0.4, -0.2) is 34.5 Å². The average molecular weight is 355 g/mol. The SMILES string of the molecule is Cc1cccc(-c2nc(-c3cn(C)c4c(C)nccc34)c3nc[nH]c3n2)n1. The van der Waals surface area contributed by atoms with Crippen molar-refractivity contribution in [1.82, 2.24) is 34.5 Å². The topological polar surface area (TPSA) is 85.2 Å². The Morgan fingerprint density at radius 3 is 2.74 bits per heavy atom. The Morgan fingerprint density at radius 1 is 1.00 bits per heavy atom. The summed E-state index contributed by atoms with van der Waals surface area (Å²) >= 11 is 0. The van der Waals surface area contributed by atoms with E-state index >= 15 is 0 Å². The zero-order valence-corrected chi connectivity index (χ0v) is 15.2. The molecular formula is C20H17N7. The molecule has 0 atom stereocenters. The number of fused-ring (bicyclic) bond motifs is 2. The quantitative estimate of drug-likeness (QED) is 0.523. The normalized spacial score (nSPS) is 11.5. The maximum absolute atomic E-state index is 4.86.